The Morgan fingerprint density at radius 3 is 2.46 bits per heavy atom. The molecular formula is C11H17NO. The van der Waals surface area contributed by atoms with Gasteiger partial charge in [-0.05, 0) is 38.5 Å². The zero-order chi connectivity index (χ0) is 10.0. The maximum absolute atomic E-state index is 9.61. The summed E-state index contributed by atoms with van der Waals surface area (Å²) in [7, 11) is 1.99. The molecule has 0 atom stereocenters. The smallest absolute Gasteiger partial charge is 0.138 e. The minimum absolute atomic E-state index is 0.349. The normalized spacial score (nSPS) is 10.5. The molecule has 0 aliphatic heterocycles. The van der Waals surface area contributed by atoms with Gasteiger partial charge >= 0.3 is 0 Å². The van der Waals surface area contributed by atoms with Crippen molar-refractivity contribution in [3.8, 4) is 5.75 Å². The van der Waals surface area contributed by atoms with Gasteiger partial charge in [0.15, 0.2) is 0 Å². The molecular weight excluding hydrogens is 162 g/mol. The Labute approximate surface area is 79.8 Å². The summed E-state index contributed by atoms with van der Waals surface area (Å²) in [5, 5.41) is 9.61. The van der Waals surface area contributed by atoms with Crippen LogP contribution >= 0.6 is 0 Å². The highest BCUT2D eigenvalue weighted by Gasteiger charge is 2.09. The SMILES string of the molecule is Cc1ccc(O)c(N(C)C(C)C)c1. The Kier molecular flexibility index (Phi) is 2.81. The van der Waals surface area contributed by atoms with Crippen LogP contribution in [-0.4, -0.2) is 18.2 Å². The first-order chi connectivity index (χ1) is 6.02. The lowest BCUT2D eigenvalue weighted by atomic mass is 10.2. The summed E-state index contributed by atoms with van der Waals surface area (Å²) in [6.07, 6.45) is 0. The van der Waals surface area contributed by atoms with Gasteiger partial charge in [0.1, 0.15) is 5.75 Å². The van der Waals surface area contributed by atoms with Crippen LogP contribution in [-0.2, 0) is 0 Å². The maximum atomic E-state index is 9.61. The molecule has 13 heavy (non-hydrogen) atoms. The fraction of sp³-hybridized carbons (Fsp3) is 0.455. The summed E-state index contributed by atoms with van der Waals surface area (Å²) in [6.45, 7) is 6.22. The van der Waals surface area contributed by atoms with Crippen molar-refractivity contribution in [3.63, 3.8) is 0 Å². The molecule has 0 aromatic heterocycles. The Bertz CT molecular complexity index is 294. The molecule has 0 saturated carbocycles. The van der Waals surface area contributed by atoms with Crippen molar-refractivity contribution in [3.05, 3.63) is 23.8 Å². The zero-order valence-corrected chi connectivity index (χ0v) is 8.70. The zero-order valence-electron chi connectivity index (χ0n) is 8.70. The number of phenolic OH excluding ortho intramolecular Hbond substituents is 1. The lowest BCUT2D eigenvalue weighted by molar-refractivity contribution is 0.473. The molecule has 1 aromatic carbocycles. The first-order valence-electron chi connectivity index (χ1n) is 4.55. The average Bonchev–Trinajstić information content (AvgIpc) is 2.08. The first kappa shape index (κ1) is 9.90. The van der Waals surface area contributed by atoms with Gasteiger partial charge in [-0.25, -0.2) is 0 Å². The minimum Gasteiger partial charge on any atom is -0.506 e. The number of benzene rings is 1. The standard InChI is InChI=1S/C11H17NO/c1-8(2)12(4)10-7-9(3)5-6-11(10)13/h5-8,13H,1-4H3. The largest absolute Gasteiger partial charge is 0.506 e. The molecule has 0 radical (unpaired) electrons. The Hall–Kier alpha value is -1.18. The van der Waals surface area contributed by atoms with Crippen LogP contribution in [0.1, 0.15) is 19.4 Å². The molecule has 0 fully saturated rings. The highest BCUT2D eigenvalue weighted by atomic mass is 16.3. The van der Waals surface area contributed by atoms with E-state index in [2.05, 4.69) is 18.7 Å². The van der Waals surface area contributed by atoms with Crippen molar-refractivity contribution in [1.82, 2.24) is 0 Å². The molecule has 0 heterocycles. The number of hydrogen-bond acceptors (Lipinski definition) is 2. The molecule has 1 rings (SSSR count). The van der Waals surface area contributed by atoms with E-state index in [-0.39, 0.29) is 0 Å². The summed E-state index contributed by atoms with van der Waals surface area (Å²) in [5.41, 5.74) is 2.07. The van der Waals surface area contributed by atoms with Crippen LogP contribution in [0, 0.1) is 6.92 Å². The number of aryl methyl sites for hydroxylation is 1. The van der Waals surface area contributed by atoms with Gasteiger partial charge in [-0.2, -0.15) is 0 Å². The second-order valence-electron chi connectivity index (χ2n) is 3.70. The van der Waals surface area contributed by atoms with Crippen LogP contribution < -0.4 is 4.90 Å². The highest BCUT2D eigenvalue weighted by Crippen LogP contribution is 2.28. The van der Waals surface area contributed by atoms with Crippen molar-refractivity contribution in [1.29, 1.82) is 0 Å². The van der Waals surface area contributed by atoms with Gasteiger partial charge in [0.25, 0.3) is 0 Å². The molecule has 0 saturated heterocycles. The fourth-order valence-electron chi connectivity index (χ4n) is 1.19. The van der Waals surface area contributed by atoms with E-state index in [4.69, 9.17) is 0 Å². The van der Waals surface area contributed by atoms with Crippen molar-refractivity contribution in [2.45, 2.75) is 26.8 Å². The number of rotatable bonds is 2. The summed E-state index contributed by atoms with van der Waals surface area (Å²) < 4.78 is 0. The topological polar surface area (TPSA) is 23.5 Å². The van der Waals surface area contributed by atoms with E-state index in [0.29, 0.717) is 11.8 Å². The molecule has 0 aliphatic carbocycles. The van der Waals surface area contributed by atoms with Gasteiger partial charge in [0, 0.05) is 13.1 Å². The van der Waals surface area contributed by atoms with Crippen molar-refractivity contribution in [2.75, 3.05) is 11.9 Å². The molecule has 2 nitrogen and oxygen atoms in total. The van der Waals surface area contributed by atoms with Gasteiger partial charge in [-0.3, -0.25) is 0 Å². The van der Waals surface area contributed by atoms with E-state index in [9.17, 15) is 5.11 Å². The van der Waals surface area contributed by atoms with Crippen molar-refractivity contribution >= 4 is 5.69 Å². The lowest BCUT2D eigenvalue weighted by Crippen LogP contribution is -2.25. The van der Waals surface area contributed by atoms with Crippen molar-refractivity contribution in [2.24, 2.45) is 0 Å². The summed E-state index contributed by atoms with van der Waals surface area (Å²) in [5.74, 6) is 0.349. The van der Waals surface area contributed by atoms with E-state index in [1.807, 2.05) is 26.1 Å². The van der Waals surface area contributed by atoms with E-state index in [0.717, 1.165) is 5.69 Å². The van der Waals surface area contributed by atoms with Crippen LogP contribution in [0.4, 0.5) is 5.69 Å². The Balaban J connectivity index is 3.05. The first-order valence-corrected chi connectivity index (χ1v) is 4.55. The molecule has 0 amide bonds. The van der Waals surface area contributed by atoms with Crippen LogP contribution in [0.25, 0.3) is 0 Å². The van der Waals surface area contributed by atoms with Gasteiger partial charge in [-0.1, -0.05) is 6.07 Å². The predicted octanol–water partition coefficient (Wildman–Crippen LogP) is 2.55. The van der Waals surface area contributed by atoms with Gasteiger partial charge in [-0.15, -0.1) is 0 Å². The number of nitrogens with zero attached hydrogens (tertiary/aromatic N) is 1. The third-order valence-electron chi connectivity index (χ3n) is 2.29. The fourth-order valence-corrected chi connectivity index (χ4v) is 1.19. The van der Waals surface area contributed by atoms with Crippen LogP contribution in [0.5, 0.6) is 5.75 Å². The van der Waals surface area contributed by atoms with Crippen LogP contribution in [0.2, 0.25) is 0 Å². The average molecular weight is 179 g/mol. The molecule has 0 unspecified atom stereocenters. The summed E-state index contributed by atoms with van der Waals surface area (Å²) in [6, 6.07) is 6.04. The molecule has 0 bridgehead atoms. The highest BCUT2D eigenvalue weighted by molar-refractivity contribution is 5.59. The molecule has 0 aliphatic rings. The van der Waals surface area contributed by atoms with E-state index in [1.54, 1.807) is 6.07 Å². The second kappa shape index (κ2) is 3.69. The number of anilines is 1. The second-order valence-corrected chi connectivity index (χ2v) is 3.70. The maximum Gasteiger partial charge on any atom is 0.138 e. The molecule has 1 N–H and O–H groups in total. The van der Waals surface area contributed by atoms with Crippen LogP contribution in [0.15, 0.2) is 18.2 Å². The van der Waals surface area contributed by atoms with Gasteiger partial charge < -0.3 is 10.0 Å². The van der Waals surface area contributed by atoms with Crippen LogP contribution in [0.3, 0.4) is 0 Å². The monoisotopic (exact) mass is 179 g/mol. The van der Waals surface area contributed by atoms with Crippen molar-refractivity contribution < 1.29 is 5.11 Å². The minimum atomic E-state index is 0.349. The third-order valence-corrected chi connectivity index (χ3v) is 2.29. The van der Waals surface area contributed by atoms with E-state index < -0.39 is 0 Å². The molecule has 72 valence electrons. The lowest BCUT2D eigenvalue weighted by Gasteiger charge is -2.24. The van der Waals surface area contributed by atoms with E-state index >= 15 is 0 Å². The van der Waals surface area contributed by atoms with Gasteiger partial charge in [0.05, 0.1) is 5.69 Å². The summed E-state index contributed by atoms with van der Waals surface area (Å²) >= 11 is 0. The number of phenols is 1. The Morgan fingerprint density at radius 2 is 1.92 bits per heavy atom. The molecule has 1 aromatic rings. The number of aromatic hydroxyl groups is 1. The van der Waals surface area contributed by atoms with E-state index in [1.165, 1.54) is 5.56 Å². The Morgan fingerprint density at radius 1 is 1.31 bits per heavy atom. The predicted molar refractivity (Wildman–Crippen MR) is 56.4 cm³/mol. The number of hydrogen-bond donors (Lipinski definition) is 1. The third kappa shape index (κ3) is 2.14. The quantitative estimate of drug-likeness (QED) is 0.754. The summed E-state index contributed by atoms with van der Waals surface area (Å²) in [4.78, 5) is 2.06. The molecule has 0 spiro atoms. The van der Waals surface area contributed by atoms with Gasteiger partial charge in [0.2, 0.25) is 0 Å². The molecule has 2 heteroatoms.